The summed E-state index contributed by atoms with van der Waals surface area (Å²) in [5, 5.41) is 16.3. The Morgan fingerprint density at radius 2 is 2.00 bits per heavy atom. The number of anilines is 1. The molecule has 7 heteroatoms. The Morgan fingerprint density at radius 1 is 1.28 bits per heavy atom. The Labute approximate surface area is 150 Å². The molecule has 1 aliphatic heterocycles. The molecule has 1 atom stereocenters. The molecule has 1 aromatic carbocycles. The highest BCUT2D eigenvalue weighted by Gasteiger charge is 2.28. The average molecular weight is 359 g/mol. The van der Waals surface area contributed by atoms with Gasteiger partial charge in [-0.25, -0.2) is 0 Å². The monoisotopic (exact) mass is 359 g/mol. The predicted molar refractivity (Wildman–Crippen MR) is 98.9 cm³/mol. The van der Waals surface area contributed by atoms with Gasteiger partial charge in [-0.1, -0.05) is 18.2 Å². The summed E-state index contributed by atoms with van der Waals surface area (Å²) < 4.78 is 0. The van der Waals surface area contributed by atoms with E-state index in [1.54, 1.807) is 23.5 Å². The van der Waals surface area contributed by atoms with Gasteiger partial charge in [0.2, 0.25) is 5.91 Å². The van der Waals surface area contributed by atoms with Crippen LogP contribution in [0.15, 0.2) is 41.8 Å². The van der Waals surface area contributed by atoms with E-state index in [1.807, 2.05) is 35.4 Å². The third-order valence-electron chi connectivity index (χ3n) is 4.61. The molecule has 3 rings (SSSR count). The van der Waals surface area contributed by atoms with Gasteiger partial charge in [0.15, 0.2) is 0 Å². The summed E-state index contributed by atoms with van der Waals surface area (Å²) in [6, 6.07) is 10.8. The number of amides is 1. The predicted octanol–water partition coefficient (Wildman–Crippen LogP) is 3.75. The van der Waals surface area contributed by atoms with Crippen LogP contribution in [0.1, 0.15) is 30.7 Å². The fourth-order valence-corrected chi connectivity index (χ4v) is 3.94. The first-order valence-electron chi connectivity index (χ1n) is 8.38. The van der Waals surface area contributed by atoms with Crippen molar-refractivity contribution in [1.82, 2.24) is 5.32 Å². The number of nitro groups is 1. The van der Waals surface area contributed by atoms with Crippen molar-refractivity contribution in [3.63, 3.8) is 0 Å². The molecule has 0 saturated carbocycles. The van der Waals surface area contributed by atoms with Gasteiger partial charge < -0.3 is 10.2 Å². The number of piperidine rings is 1. The lowest BCUT2D eigenvalue weighted by Gasteiger charge is -2.33. The Morgan fingerprint density at radius 3 is 2.64 bits per heavy atom. The molecule has 1 N–H and O–H groups in total. The number of hydrogen-bond acceptors (Lipinski definition) is 5. The Hall–Kier alpha value is -2.41. The third-order valence-corrected chi connectivity index (χ3v) is 5.67. The van der Waals surface area contributed by atoms with Crippen LogP contribution in [0.5, 0.6) is 0 Å². The summed E-state index contributed by atoms with van der Waals surface area (Å²) in [7, 11) is 0. The number of nitrogens with one attached hydrogen (secondary N) is 1. The van der Waals surface area contributed by atoms with Crippen molar-refractivity contribution in [3.8, 4) is 0 Å². The van der Waals surface area contributed by atoms with Crippen LogP contribution in [-0.2, 0) is 4.79 Å². The fourth-order valence-electron chi connectivity index (χ4n) is 3.21. The van der Waals surface area contributed by atoms with E-state index in [9.17, 15) is 14.9 Å². The molecule has 0 radical (unpaired) electrons. The van der Waals surface area contributed by atoms with E-state index in [1.165, 1.54) is 6.07 Å². The van der Waals surface area contributed by atoms with Crippen molar-refractivity contribution in [2.24, 2.45) is 5.92 Å². The number of carbonyl (C=O) groups is 1. The van der Waals surface area contributed by atoms with Crippen LogP contribution < -0.4 is 10.2 Å². The van der Waals surface area contributed by atoms with E-state index in [0.29, 0.717) is 31.6 Å². The lowest BCUT2D eigenvalue weighted by molar-refractivity contribution is -0.384. The second-order valence-corrected chi connectivity index (χ2v) is 7.23. The molecule has 1 saturated heterocycles. The highest BCUT2D eigenvalue weighted by Crippen LogP contribution is 2.31. The molecule has 0 aliphatic carbocycles. The van der Waals surface area contributed by atoms with Crippen LogP contribution >= 0.6 is 11.3 Å². The van der Waals surface area contributed by atoms with E-state index in [4.69, 9.17) is 0 Å². The van der Waals surface area contributed by atoms with Crippen molar-refractivity contribution in [2.75, 3.05) is 18.0 Å². The molecule has 1 fully saturated rings. The van der Waals surface area contributed by atoms with Crippen molar-refractivity contribution in [3.05, 3.63) is 56.8 Å². The molecule has 2 heterocycles. The Balaban J connectivity index is 1.59. The third kappa shape index (κ3) is 3.99. The molecular formula is C18H21N3O3S. The van der Waals surface area contributed by atoms with Crippen molar-refractivity contribution >= 4 is 28.6 Å². The molecule has 1 unspecified atom stereocenters. The van der Waals surface area contributed by atoms with E-state index in [2.05, 4.69) is 5.32 Å². The lowest BCUT2D eigenvalue weighted by Crippen LogP contribution is -2.41. The first-order chi connectivity index (χ1) is 12.1. The van der Waals surface area contributed by atoms with Crippen molar-refractivity contribution in [1.29, 1.82) is 0 Å². The molecule has 0 spiro atoms. The van der Waals surface area contributed by atoms with Crippen molar-refractivity contribution < 1.29 is 9.72 Å². The average Bonchev–Trinajstić information content (AvgIpc) is 3.16. The van der Waals surface area contributed by atoms with Crippen LogP contribution in [0.2, 0.25) is 0 Å². The highest BCUT2D eigenvalue weighted by atomic mass is 32.1. The maximum absolute atomic E-state index is 12.5. The van der Waals surface area contributed by atoms with Gasteiger partial charge in [-0.15, -0.1) is 11.3 Å². The minimum atomic E-state index is -0.350. The maximum Gasteiger partial charge on any atom is 0.292 e. The number of para-hydroxylation sites is 2. The molecule has 1 aliphatic rings. The summed E-state index contributed by atoms with van der Waals surface area (Å²) in [5.41, 5.74) is 0.759. The minimum absolute atomic E-state index is 0.0146. The maximum atomic E-state index is 12.5. The number of hydrogen-bond donors (Lipinski definition) is 1. The van der Waals surface area contributed by atoms with Gasteiger partial charge in [-0.3, -0.25) is 14.9 Å². The standard InChI is InChI=1S/C18H21N3O3S/c1-13(17-7-4-12-25-17)19-18(22)14-8-10-20(11-9-14)15-5-2-3-6-16(15)21(23)24/h2-7,12-14H,8-11H2,1H3,(H,19,22). The largest absolute Gasteiger partial charge is 0.366 e. The van der Waals surface area contributed by atoms with E-state index in [0.717, 1.165) is 4.88 Å². The minimum Gasteiger partial charge on any atom is -0.366 e. The number of thiophene rings is 1. The molecular weight excluding hydrogens is 338 g/mol. The number of carbonyl (C=O) groups excluding carboxylic acids is 1. The summed E-state index contributed by atoms with van der Waals surface area (Å²) in [4.78, 5) is 26.5. The van der Waals surface area contributed by atoms with Gasteiger partial charge >= 0.3 is 0 Å². The van der Waals surface area contributed by atoms with Gasteiger partial charge in [0, 0.05) is 30.0 Å². The quantitative estimate of drug-likeness (QED) is 0.652. The molecule has 6 nitrogen and oxygen atoms in total. The normalized spacial score (nSPS) is 16.4. The van der Waals surface area contributed by atoms with Gasteiger partial charge in [-0.2, -0.15) is 0 Å². The molecule has 1 amide bonds. The van der Waals surface area contributed by atoms with E-state index in [-0.39, 0.29) is 28.5 Å². The zero-order valence-electron chi connectivity index (χ0n) is 14.1. The zero-order chi connectivity index (χ0) is 17.8. The summed E-state index contributed by atoms with van der Waals surface area (Å²) in [5.74, 6) is 0.0320. The smallest absolute Gasteiger partial charge is 0.292 e. The van der Waals surface area contributed by atoms with Gasteiger partial charge in [0.05, 0.1) is 11.0 Å². The first-order valence-corrected chi connectivity index (χ1v) is 9.26. The molecule has 0 bridgehead atoms. The Bertz CT molecular complexity index is 740. The Kier molecular flexibility index (Phi) is 5.33. The second kappa shape index (κ2) is 7.65. The molecule has 1 aromatic heterocycles. The summed E-state index contributed by atoms with van der Waals surface area (Å²) in [6.45, 7) is 3.29. The SMILES string of the molecule is CC(NC(=O)C1CCN(c2ccccc2[N+](=O)[O-])CC1)c1cccs1. The summed E-state index contributed by atoms with van der Waals surface area (Å²) in [6.07, 6.45) is 1.41. The lowest BCUT2D eigenvalue weighted by atomic mass is 9.95. The van der Waals surface area contributed by atoms with Gasteiger partial charge in [0.25, 0.3) is 5.69 Å². The molecule has 2 aromatic rings. The highest BCUT2D eigenvalue weighted by molar-refractivity contribution is 7.10. The first kappa shape index (κ1) is 17.4. The topological polar surface area (TPSA) is 75.5 Å². The van der Waals surface area contributed by atoms with Crippen LogP contribution in [0.4, 0.5) is 11.4 Å². The van der Waals surface area contributed by atoms with Gasteiger partial charge in [0.1, 0.15) is 5.69 Å². The molecule has 25 heavy (non-hydrogen) atoms. The fraction of sp³-hybridized carbons (Fsp3) is 0.389. The number of benzene rings is 1. The van der Waals surface area contributed by atoms with Crippen LogP contribution in [0, 0.1) is 16.0 Å². The van der Waals surface area contributed by atoms with E-state index >= 15 is 0 Å². The zero-order valence-corrected chi connectivity index (χ0v) is 14.9. The van der Waals surface area contributed by atoms with E-state index < -0.39 is 0 Å². The number of nitrogens with zero attached hydrogens (tertiary/aromatic N) is 2. The van der Waals surface area contributed by atoms with Crippen LogP contribution in [0.3, 0.4) is 0 Å². The van der Waals surface area contributed by atoms with Gasteiger partial charge in [-0.05, 0) is 37.3 Å². The number of rotatable bonds is 5. The van der Waals surface area contributed by atoms with Crippen LogP contribution in [-0.4, -0.2) is 23.9 Å². The number of nitro benzene ring substituents is 1. The van der Waals surface area contributed by atoms with Crippen molar-refractivity contribution in [2.45, 2.75) is 25.8 Å². The summed E-state index contributed by atoms with van der Waals surface area (Å²) >= 11 is 1.63. The van der Waals surface area contributed by atoms with Crippen LogP contribution in [0.25, 0.3) is 0 Å². The second-order valence-electron chi connectivity index (χ2n) is 6.25. The molecule has 132 valence electrons.